The van der Waals surface area contributed by atoms with E-state index in [1.165, 1.54) is 13.0 Å². The van der Waals surface area contributed by atoms with Crippen LogP contribution in [-0.2, 0) is 28.7 Å². The predicted molar refractivity (Wildman–Crippen MR) is 160 cm³/mol. The molecule has 0 aliphatic carbocycles. The number of amides is 1. The van der Waals surface area contributed by atoms with Crippen LogP contribution in [0.1, 0.15) is 67.2 Å². The lowest BCUT2D eigenvalue weighted by Gasteiger charge is -2.41. The van der Waals surface area contributed by atoms with Crippen LogP contribution in [0.15, 0.2) is 18.7 Å². The van der Waals surface area contributed by atoms with Crippen molar-refractivity contribution in [2.24, 2.45) is 5.92 Å². The molecule has 5 heterocycles. The molecule has 3 fully saturated rings. The van der Waals surface area contributed by atoms with E-state index in [0.29, 0.717) is 49.2 Å². The normalized spacial score (nSPS) is 27.0. The van der Waals surface area contributed by atoms with Crippen molar-refractivity contribution in [1.82, 2.24) is 19.8 Å². The van der Waals surface area contributed by atoms with E-state index < -0.39 is 29.2 Å². The summed E-state index contributed by atoms with van der Waals surface area (Å²) in [5, 5.41) is 0. The van der Waals surface area contributed by atoms with Gasteiger partial charge < -0.3 is 25.0 Å². The fraction of sp³-hybridized carbons (Fsp3) is 0.594. The van der Waals surface area contributed by atoms with Gasteiger partial charge in [0.1, 0.15) is 12.4 Å². The van der Waals surface area contributed by atoms with Gasteiger partial charge >= 0.3 is 12.2 Å². The number of hydrogen-bond donors (Lipinski definition) is 1. The molecule has 9 nitrogen and oxygen atoms in total. The fourth-order valence-corrected chi connectivity index (χ4v) is 7.87. The fourth-order valence-electron chi connectivity index (χ4n) is 7.87. The number of nitrogen functional groups attached to an aromatic ring is 1. The number of halogens is 4. The lowest BCUT2D eigenvalue weighted by molar-refractivity contribution is -0.140. The largest absolute Gasteiger partial charge is 0.461 e. The number of anilines is 2. The molecule has 1 aromatic heterocycles. The van der Waals surface area contributed by atoms with Crippen LogP contribution in [0.3, 0.4) is 0 Å². The molecule has 13 heteroatoms. The summed E-state index contributed by atoms with van der Waals surface area (Å²) in [4.78, 5) is 28.1. The number of aryl methyl sites for hydroxylation is 1. The molecular formula is C32H40F4N6O3. The Kier molecular flexibility index (Phi) is 8.22. The topological polar surface area (TPSA) is 97.0 Å². The van der Waals surface area contributed by atoms with Crippen molar-refractivity contribution in [3.8, 4) is 6.01 Å². The van der Waals surface area contributed by atoms with E-state index in [1.54, 1.807) is 4.90 Å². The van der Waals surface area contributed by atoms with Gasteiger partial charge in [-0.2, -0.15) is 23.1 Å². The molecule has 2 N–H and O–H groups in total. The van der Waals surface area contributed by atoms with Crippen molar-refractivity contribution >= 4 is 17.4 Å². The van der Waals surface area contributed by atoms with Crippen molar-refractivity contribution in [2.45, 2.75) is 76.9 Å². The predicted octanol–water partition coefficient (Wildman–Crippen LogP) is 4.82. The number of alkyl halides is 3. The van der Waals surface area contributed by atoms with E-state index in [0.717, 1.165) is 38.4 Å². The number of hydrogen-bond acceptors (Lipinski definition) is 8. The second kappa shape index (κ2) is 11.7. The summed E-state index contributed by atoms with van der Waals surface area (Å²) in [5.74, 6) is -0.207. The summed E-state index contributed by atoms with van der Waals surface area (Å²) >= 11 is 0. The van der Waals surface area contributed by atoms with E-state index in [-0.39, 0.29) is 47.8 Å². The lowest BCUT2D eigenvalue weighted by atomic mass is 9.91. The molecule has 4 unspecified atom stereocenters. The molecule has 3 saturated heterocycles. The summed E-state index contributed by atoms with van der Waals surface area (Å²) in [6, 6.07) is 0.984. The first-order valence-corrected chi connectivity index (χ1v) is 15.5. The number of nitrogens with zero attached hydrogens (tertiary/aromatic N) is 5. The van der Waals surface area contributed by atoms with Gasteiger partial charge in [0.05, 0.1) is 35.2 Å². The highest BCUT2D eigenvalue weighted by Crippen LogP contribution is 2.45. The van der Waals surface area contributed by atoms with Gasteiger partial charge in [-0.05, 0) is 63.3 Å². The van der Waals surface area contributed by atoms with E-state index in [1.807, 2.05) is 11.8 Å². The molecule has 4 atom stereocenters. The zero-order valence-corrected chi connectivity index (χ0v) is 25.9. The highest BCUT2D eigenvalue weighted by molar-refractivity contribution is 5.87. The number of piperazine rings is 1. The summed E-state index contributed by atoms with van der Waals surface area (Å²) in [7, 11) is 0. The standard InChI is InChI=1S/C32H40F4N6O3/c1-5-25(43)40-9-10-42(20(4)15-40)29-21-16-44-24(26-27(32(34,35)36)19(3)11-22(37)28(26)33)12-23(21)38-30(39-29)45-17-31-7-6-8-41(31)14-18(2)13-31/h5,11,18,20,24H,1,6-10,12-17,37H2,2-4H3. The Morgan fingerprint density at radius 1 is 1.24 bits per heavy atom. The lowest BCUT2D eigenvalue weighted by Crippen LogP contribution is -2.54. The Bertz CT molecular complexity index is 1500. The average Bonchev–Trinajstić information content (AvgIpc) is 3.51. The third-order valence-electron chi connectivity index (χ3n) is 9.85. The van der Waals surface area contributed by atoms with Crippen LogP contribution in [-0.4, -0.2) is 76.6 Å². The van der Waals surface area contributed by atoms with E-state index in [4.69, 9.17) is 25.2 Å². The Labute approximate surface area is 260 Å². The Morgan fingerprint density at radius 3 is 2.73 bits per heavy atom. The molecule has 4 aliphatic rings. The van der Waals surface area contributed by atoms with Gasteiger partial charge in [0, 0.05) is 49.8 Å². The van der Waals surface area contributed by atoms with Gasteiger partial charge in [0.15, 0.2) is 5.82 Å². The van der Waals surface area contributed by atoms with Gasteiger partial charge in [0.25, 0.3) is 0 Å². The smallest absolute Gasteiger partial charge is 0.417 e. The van der Waals surface area contributed by atoms with Crippen LogP contribution in [0.25, 0.3) is 0 Å². The number of benzene rings is 1. The van der Waals surface area contributed by atoms with Crippen molar-refractivity contribution in [1.29, 1.82) is 0 Å². The quantitative estimate of drug-likeness (QED) is 0.275. The molecule has 0 spiro atoms. The van der Waals surface area contributed by atoms with Gasteiger partial charge in [0.2, 0.25) is 5.91 Å². The molecule has 4 aliphatic heterocycles. The Balaban J connectivity index is 1.37. The highest BCUT2D eigenvalue weighted by Gasteiger charge is 2.48. The van der Waals surface area contributed by atoms with E-state index >= 15 is 4.39 Å². The van der Waals surface area contributed by atoms with Crippen molar-refractivity contribution in [2.75, 3.05) is 50.0 Å². The van der Waals surface area contributed by atoms with Gasteiger partial charge in [-0.1, -0.05) is 13.5 Å². The van der Waals surface area contributed by atoms with E-state index in [2.05, 4.69) is 18.4 Å². The first-order valence-electron chi connectivity index (χ1n) is 15.5. The van der Waals surface area contributed by atoms with Crippen molar-refractivity contribution < 1.29 is 31.8 Å². The molecule has 1 aromatic carbocycles. The molecule has 0 saturated carbocycles. The maximum Gasteiger partial charge on any atom is 0.417 e. The minimum atomic E-state index is -4.81. The summed E-state index contributed by atoms with van der Waals surface area (Å²) < 4.78 is 70.4. The number of carbonyl (C=O) groups excluding carboxylic acids is 1. The third-order valence-corrected chi connectivity index (χ3v) is 9.85. The number of fused-ring (bicyclic) bond motifs is 2. The molecule has 45 heavy (non-hydrogen) atoms. The van der Waals surface area contributed by atoms with E-state index in [9.17, 15) is 18.0 Å². The first-order chi connectivity index (χ1) is 21.3. The Morgan fingerprint density at radius 2 is 2.02 bits per heavy atom. The number of aromatic nitrogens is 2. The maximum atomic E-state index is 15.4. The van der Waals surface area contributed by atoms with Crippen LogP contribution in [0.4, 0.5) is 29.1 Å². The molecule has 0 radical (unpaired) electrons. The highest BCUT2D eigenvalue weighted by atomic mass is 19.4. The van der Waals surface area contributed by atoms with Gasteiger partial charge in [-0.25, -0.2) is 4.39 Å². The second-order valence-electron chi connectivity index (χ2n) is 13.0. The number of rotatable bonds is 6. The number of ether oxygens (including phenoxy) is 2. The summed E-state index contributed by atoms with van der Waals surface area (Å²) in [5.41, 5.74) is 4.51. The molecule has 244 valence electrons. The number of carbonyl (C=O) groups is 1. The zero-order chi connectivity index (χ0) is 32.3. The molecule has 6 rings (SSSR count). The van der Waals surface area contributed by atoms with Crippen LogP contribution >= 0.6 is 0 Å². The molecule has 1 amide bonds. The minimum absolute atomic E-state index is 0.0989. The molecule has 0 bridgehead atoms. The molecular weight excluding hydrogens is 592 g/mol. The first kappa shape index (κ1) is 31.5. The monoisotopic (exact) mass is 632 g/mol. The molecule has 2 aromatic rings. The zero-order valence-electron chi connectivity index (χ0n) is 25.9. The third kappa shape index (κ3) is 5.73. The second-order valence-corrected chi connectivity index (χ2v) is 13.0. The Hall–Kier alpha value is -3.45. The average molecular weight is 633 g/mol. The van der Waals surface area contributed by atoms with Crippen molar-refractivity contribution in [3.05, 3.63) is 52.5 Å². The van der Waals surface area contributed by atoms with Gasteiger partial charge in [-0.15, -0.1) is 0 Å². The van der Waals surface area contributed by atoms with Crippen LogP contribution < -0.4 is 15.4 Å². The SMILES string of the molecule is C=CC(=O)N1CCN(c2nc(OCC34CCCN3CC(C)C4)nc3c2COC(c2c(F)c(N)cc(C)c2C(F)(F)F)C3)C(C)C1. The van der Waals surface area contributed by atoms with Crippen LogP contribution in [0, 0.1) is 18.7 Å². The van der Waals surface area contributed by atoms with Crippen LogP contribution in [0.2, 0.25) is 0 Å². The summed E-state index contributed by atoms with van der Waals surface area (Å²) in [6.07, 6.45) is -1.82. The van der Waals surface area contributed by atoms with Gasteiger partial charge in [-0.3, -0.25) is 9.69 Å². The maximum absolute atomic E-state index is 15.4. The van der Waals surface area contributed by atoms with Crippen LogP contribution in [0.5, 0.6) is 6.01 Å². The van der Waals surface area contributed by atoms with Crippen molar-refractivity contribution in [3.63, 3.8) is 0 Å². The minimum Gasteiger partial charge on any atom is -0.461 e. The number of nitrogens with two attached hydrogens (primary N) is 1. The summed E-state index contributed by atoms with van der Waals surface area (Å²) in [6.45, 7) is 12.7.